The Labute approximate surface area is 88.2 Å². The number of aliphatic hydroxyl groups is 2. The van der Waals surface area contributed by atoms with Crippen LogP contribution in [0, 0.1) is 0 Å². The Kier molecular flexibility index (Phi) is 1.81. The summed E-state index contributed by atoms with van der Waals surface area (Å²) in [6.07, 6.45) is 2.84. The molecule has 0 saturated carbocycles. The van der Waals surface area contributed by atoms with Crippen LogP contribution >= 0.6 is 0 Å². The number of hydrogen-bond donors (Lipinski definition) is 2. The van der Waals surface area contributed by atoms with E-state index in [1.165, 1.54) is 11.1 Å². The monoisotopic (exact) mass is 200 g/mol. The van der Waals surface area contributed by atoms with E-state index >= 15 is 0 Å². The standard InChI is InChI=1S/C13H12O2/c14-12-6-5-10-9-4-2-1-3-8(9)7-11(10)13(12)15/h1-6,12-15H,7H2. The van der Waals surface area contributed by atoms with Crippen LogP contribution in [0.5, 0.6) is 0 Å². The van der Waals surface area contributed by atoms with Gasteiger partial charge < -0.3 is 10.2 Å². The first-order chi connectivity index (χ1) is 7.27. The molecule has 2 aliphatic carbocycles. The van der Waals surface area contributed by atoms with Crippen molar-refractivity contribution in [3.63, 3.8) is 0 Å². The number of benzene rings is 1. The number of allylic oxidation sites excluding steroid dienone is 2. The average molecular weight is 200 g/mol. The minimum absolute atomic E-state index is 0.739. The highest BCUT2D eigenvalue weighted by atomic mass is 16.3. The Morgan fingerprint density at radius 1 is 1.13 bits per heavy atom. The normalized spacial score (nSPS) is 27.9. The van der Waals surface area contributed by atoms with Crippen LogP contribution in [0.15, 0.2) is 42.0 Å². The summed E-state index contributed by atoms with van der Waals surface area (Å²) >= 11 is 0. The van der Waals surface area contributed by atoms with Crippen LogP contribution in [-0.4, -0.2) is 22.4 Å². The summed E-state index contributed by atoms with van der Waals surface area (Å²) in [5, 5.41) is 19.4. The lowest BCUT2D eigenvalue weighted by Crippen LogP contribution is -2.28. The predicted molar refractivity (Wildman–Crippen MR) is 58.2 cm³/mol. The molecule has 2 nitrogen and oxygen atoms in total. The summed E-state index contributed by atoms with van der Waals surface area (Å²) in [7, 11) is 0. The zero-order valence-corrected chi connectivity index (χ0v) is 8.22. The Balaban J connectivity index is 2.13. The van der Waals surface area contributed by atoms with Gasteiger partial charge in [0, 0.05) is 0 Å². The molecule has 0 amide bonds. The molecule has 76 valence electrons. The first-order valence-electron chi connectivity index (χ1n) is 5.13. The maximum atomic E-state index is 9.86. The number of aliphatic hydroxyl groups excluding tert-OH is 2. The number of fused-ring (bicyclic) bond motifs is 2. The van der Waals surface area contributed by atoms with Crippen molar-refractivity contribution in [3.8, 4) is 0 Å². The Hall–Kier alpha value is -1.38. The van der Waals surface area contributed by atoms with Gasteiger partial charge in [-0.05, 0) is 28.7 Å². The van der Waals surface area contributed by atoms with Gasteiger partial charge in [0.25, 0.3) is 0 Å². The Morgan fingerprint density at radius 2 is 1.93 bits per heavy atom. The minimum atomic E-state index is -0.752. The van der Waals surface area contributed by atoms with Gasteiger partial charge in [0.1, 0.15) is 12.2 Å². The van der Waals surface area contributed by atoms with E-state index in [1.54, 1.807) is 6.08 Å². The van der Waals surface area contributed by atoms with Crippen LogP contribution in [0.1, 0.15) is 11.1 Å². The third kappa shape index (κ3) is 1.19. The smallest absolute Gasteiger partial charge is 0.106 e. The maximum Gasteiger partial charge on any atom is 0.106 e. The van der Waals surface area contributed by atoms with E-state index in [0.29, 0.717) is 0 Å². The second kappa shape index (κ2) is 3.05. The molecule has 0 spiro atoms. The van der Waals surface area contributed by atoms with E-state index in [2.05, 4.69) is 12.1 Å². The molecule has 0 radical (unpaired) electrons. The van der Waals surface area contributed by atoms with E-state index < -0.39 is 12.2 Å². The van der Waals surface area contributed by atoms with Crippen LogP contribution in [0.2, 0.25) is 0 Å². The molecule has 0 heterocycles. The van der Waals surface area contributed by atoms with Crippen molar-refractivity contribution in [2.24, 2.45) is 0 Å². The van der Waals surface area contributed by atoms with Gasteiger partial charge in [-0.15, -0.1) is 0 Å². The fourth-order valence-electron chi connectivity index (χ4n) is 2.38. The van der Waals surface area contributed by atoms with Crippen molar-refractivity contribution >= 4 is 5.57 Å². The van der Waals surface area contributed by atoms with Gasteiger partial charge in [0.2, 0.25) is 0 Å². The molecule has 0 bridgehead atoms. The Bertz CT molecular complexity index is 471. The average Bonchev–Trinajstić information content (AvgIpc) is 2.63. The molecule has 2 N–H and O–H groups in total. The van der Waals surface area contributed by atoms with Crippen molar-refractivity contribution in [1.29, 1.82) is 0 Å². The molecule has 2 atom stereocenters. The van der Waals surface area contributed by atoms with Gasteiger partial charge in [-0.1, -0.05) is 36.4 Å². The molecule has 15 heavy (non-hydrogen) atoms. The molecule has 2 aliphatic rings. The quantitative estimate of drug-likeness (QED) is 0.662. The van der Waals surface area contributed by atoms with Crippen molar-refractivity contribution < 1.29 is 10.2 Å². The molecule has 1 aromatic rings. The fraction of sp³-hybridized carbons (Fsp3) is 0.231. The van der Waals surface area contributed by atoms with Crippen LogP contribution in [-0.2, 0) is 6.42 Å². The second-order valence-electron chi connectivity index (χ2n) is 4.07. The lowest BCUT2D eigenvalue weighted by molar-refractivity contribution is 0.0712. The van der Waals surface area contributed by atoms with Crippen LogP contribution in [0.25, 0.3) is 5.57 Å². The molecule has 3 rings (SSSR count). The van der Waals surface area contributed by atoms with Crippen molar-refractivity contribution in [2.45, 2.75) is 18.6 Å². The van der Waals surface area contributed by atoms with Crippen LogP contribution < -0.4 is 0 Å². The summed E-state index contributed by atoms with van der Waals surface area (Å²) in [4.78, 5) is 0. The molecule has 0 aliphatic heterocycles. The highest BCUT2D eigenvalue weighted by molar-refractivity contribution is 5.84. The molecule has 0 aromatic heterocycles. The van der Waals surface area contributed by atoms with Gasteiger partial charge in [-0.25, -0.2) is 0 Å². The first-order valence-corrected chi connectivity index (χ1v) is 5.13. The molecule has 2 heteroatoms. The third-order valence-corrected chi connectivity index (χ3v) is 3.17. The van der Waals surface area contributed by atoms with E-state index in [0.717, 1.165) is 17.6 Å². The largest absolute Gasteiger partial charge is 0.386 e. The van der Waals surface area contributed by atoms with E-state index in [1.807, 2.05) is 18.2 Å². The molecular formula is C13H12O2. The van der Waals surface area contributed by atoms with E-state index in [-0.39, 0.29) is 0 Å². The molecular weight excluding hydrogens is 188 g/mol. The maximum absolute atomic E-state index is 9.86. The zero-order chi connectivity index (χ0) is 10.4. The second-order valence-corrected chi connectivity index (χ2v) is 4.07. The molecule has 2 unspecified atom stereocenters. The van der Waals surface area contributed by atoms with Gasteiger partial charge in [0.05, 0.1) is 0 Å². The lowest BCUT2D eigenvalue weighted by atomic mass is 9.93. The topological polar surface area (TPSA) is 40.5 Å². The van der Waals surface area contributed by atoms with Crippen molar-refractivity contribution in [1.82, 2.24) is 0 Å². The first kappa shape index (κ1) is 8.89. The highest BCUT2D eigenvalue weighted by Crippen LogP contribution is 2.38. The van der Waals surface area contributed by atoms with Crippen molar-refractivity contribution in [2.75, 3.05) is 0 Å². The van der Waals surface area contributed by atoms with Gasteiger partial charge in [-0.3, -0.25) is 0 Å². The third-order valence-electron chi connectivity index (χ3n) is 3.17. The predicted octanol–water partition coefficient (Wildman–Crippen LogP) is 1.29. The molecule has 0 saturated heterocycles. The lowest BCUT2D eigenvalue weighted by Gasteiger charge is -2.21. The fourth-order valence-corrected chi connectivity index (χ4v) is 2.38. The van der Waals surface area contributed by atoms with Crippen LogP contribution in [0.4, 0.5) is 0 Å². The highest BCUT2D eigenvalue weighted by Gasteiger charge is 2.30. The van der Waals surface area contributed by atoms with Crippen molar-refractivity contribution in [3.05, 3.63) is 53.1 Å². The number of rotatable bonds is 0. The molecule has 0 fully saturated rings. The van der Waals surface area contributed by atoms with Gasteiger partial charge in [-0.2, -0.15) is 0 Å². The van der Waals surface area contributed by atoms with Gasteiger partial charge in [0.15, 0.2) is 0 Å². The van der Waals surface area contributed by atoms with E-state index in [4.69, 9.17) is 0 Å². The Morgan fingerprint density at radius 3 is 2.80 bits per heavy atom. The summed E-state index contributed by atoms with van der Waals surface area (Å²) in [6.45, 7) is 0. The number of hydrogen-bond acceptors (Lipinski definition) is 2. The summed E-state index contributed by atoms with van der Waals surface area (Å²) in [5.74, 6) is 0. The van der Waals surface area contributed by atoms with Crippen LogP contribution in [0.3, 0.4) is 0 Å². The van der Waals surface area contributed by atoms with Gasteiger partial charge >= 0.3 is 0 Å². The minimum Gasteiger partial charge on any atom is -0.386 e. The molecule has 1 aromatic carbocycles. The SMILES string of the molecule is OC1C=CC2=C(Cc3ccccc32)C1O. The summed E-state index contributed by atoms with van der Waals surface area (Å²) < 4.78 is 0. The summed E-state index contributed by atoms with van der Waals surface area (Å²) in [6, 6.07) is 8.14. The summed E-state index contributed by atoms with van der Waals surface area (Å²) in [5.41, 5.74) is 4.46. The zero-order valence-electron chi connectivity index (χ0n) is 8.22. The van der Waals surface area contributed by atoms with E-state index in [9.17, 15) is 10.2 Å².